The molecule has 1 aromatic rings. The first-order valence-corrected chi connectivity index (χ1v) is 5.74. The summed E-state index contributed by atoms with van der Waals surface area (Å²) in [7, 11) is 1.44. The van der Waals surface area contributed by atoms with Crippen LogP contribution in [0.25, 0.3) is 0 Å². The zero-order valence-electron chi connectivity index (χ0n) is 10.7. The van der Waals surface area contributed by atoms with Crippen LogP contribution in [0, 0.1) is 15.9 Å². The maximum atomic E-state index is 13.1. The van der Waals surface area contributed by atoms with Crippen LogP contribution >= 0.6 is 0 Å². The van der Waals surface area contributed by atoms with E-state index >= 15 is 0 Å². The van der Waals surface area contributed by atoms with E-state index in [9.17, 15) is 24.1 Å². The molecule has 0 radical (unpaired) electrons. The van der Waals surface area contributed by atoms with E-state index in [2.05, 4.69) is 0 Å². The van der Waals surface area contributed by atoms with Gasteiger partial charge in [-0.25, -0.2) is 0 Å². The van der Waals surface area contributed by atoms with Crippen molar-refractivity contribution in [3.05, 3.63) is 39.7 Å². The lowest BCUT2D eigenvalue weighted by molar-refractivity contribution is -0.387. The van der Waals surface area contributed by atoms with Crippen molar-refractivity contribution >= 4 is 17.6 Å². The Labute approximate surface area is 113 Å². The molecule has 8 heteroatoms. The molecule has 0 aromatic heterocycles. The average molecular weight is 284 g/mol. The first-order valence-electron chi connectivity index (χ1n) is 5.74. The van der Waals surface area contributed by atoms with Gasteiger partial charge in [0.1, 0.15) is 0 Å². The van der Waals surface area contributed by atoms with E-state index < -0.39 is 28.3 Å². The number of carbonyl (C=O) groups is 2. The monoisotopic (exact) mass is 284 g/mol. The number of carboxylic acids is 1. The van der Waals surface area contributed by atoms with Gasteiger partial charge < -0.3 is 10.0 Å². The summed E-state index contributed by atoms with van der Waals surface area (Å²) in [5.74, 6) is -2.51. The standard InChI is InChI=1S/C12H13FN2O5/c1-14(6-2-3-11(16)17)12(18)8-4-5-9(13)10(7-8)15(19)20/h4-5,7H,2-3,6H2,1H3,(H,16,17). The number of aliphatic carboxylic acids is 1. The molecule has 1 amide bonds. The number of hydrogen-bond acceptors (Lipinski definition) is 4. The molecule has 1 rings (SSSR count). The lowest BCUT2D eigenvalue weighted by Gasteiger charge is -2.16. The molecule has 1 N–H and O–H groups in total. The molecule has 0 unspecified atom stereocenters. The van der Waals surface area contributed by atoms with Crippen LogP contribution in [0.2, 0.25) is 0 Å². The Morgan fingerprint density at radius 2 is 2.10 bits per heavy atom. The van der Waals surface area contributed by atoms with Crippen LogP contribution in [0.15, 0.2) is 18.2 Å². The third-order valence-electron chi connectivity index (χ3n) is 2.62. The molecule has 0 bridgehead atoms. The maximum Gasteiger partial charge on any atom is 0.305 e. The van der Waals surface area contributed by atoms with E-state index in [1.54, 1.807) is 0 Å². The highest BCUT2D eigenvalue weighted by Crippen LogP contribution is 2.19. The molecule has 0 saturated carbocycles. The zero-order valence-corrected chi connectivity index (χ0v) is 10.7. The predicted octanol–water partition coefficient (Wildman–Crippen LogP) is 1.67. The summed E-state index contributed by atoms with van der Waals surface area (Å²) in [5, 5.41) is 19.1. The van der Waals surface area contributed by atoms with Crippen LogP contribution in [-0.4, -0.2) is 40.4 Å². The highest BCUT2D eigenvalue weighted by molar-refractivity contribution is 5.94. The average Bonchev–Trinajstić information content (AvgIpc) is 2.37. The Morgan fingerprint density at radius 3 is 2.65 bits per heavy atom. The molecule has 0 saturated heterocycles. The number of amides is 1. The summed E-state index contributed by atoms with van der Waals surface area (Å²) in [6.45, 7) is 0.191. The SMILES string of the molecule is CN(CCCC(=O)O)C(=O)c1ccc(F)c([N+](=O)[O-])c1. The highest BCUT2D eigenvalue weighted by Gasteiger charge is 2.19. The normalized spacial score (nSPS) is 10.1. The number of nitro groups is 1. The van der Waals surface area contributed by atoms with E-state index in [0.29, 0.717) is 0 Å². The van der Waals surface area contributed by atoms with Crippen molar-refractivity contribution < 1.29 is 24.0 Å². The largest absolute Gasteiger partial charge is 0.481 e. The third kappa shape index (κ3) is 4.01. The minimum atomic E-state index is -1.01. The molecule has 0 aliphatic heterocycles. The molecular weight excluding hydrogens is 271 g/mol. The predicted molar refractivity (Wildman–Crippen MR) is 66.9 cm³/mol. The molecular formula is C12H13FN2O5. The zero-order chi connectivity index (χ0) is 15.3. The number of benzene rings is 1. The highest BCUT2D eigenvalue weighted by atomic mass is 19.1. The lowest BCUT2D eigenvalue weighted by atomic mass is 10.1. The molecule has 0 aliphatic rings. The smallest absolute Gasteiger partial charge is 0.305 e. The molecule has 0 atom stereocenters. The number of nitrogens with zero attached hydrogens (tertiary/aromatic N) is 2. The van der Waals surface area contributed by atoms with E-state index in [-0.39, 0.29) is 24.9 Å². The van der Waals surface area contributed by atoms with Crippen molar-refractivity contribution in [2.24, 2.45) is 0 Å². The van der Waals surface area contributed by atoms with Gasteiger partial charge in [0.15, 0.2) is 0 Å². The Hall–Kier alpha value is -2.51. The van der Waals surface area contributed by atoms with E-state index in [0.717, 1.165) is 18.2 Å². The number of carbonyl (C=O) groups excluding carboxylic acids is 1. The van der Waals surface area contributed by atoms with Gasteiger partial charge in [-0.1, -0.05) is 0 Å². The molecule has 7 nitrogen and oxygen atoms in total. The Kier molecular flexibility index (Phi) is 5.13. The summed E-state index contributed by atoms with van der Waals surface area (Å²) < 4.78 is 13.1. The van der Waals surface area contributed by atoms with Crippen LogP contribution < -0.4 is 0 Å². The molecule has 108 valence electrons. The second kappa shape index (κ2) is 6.60. The lowest BCUT2D eigenvalue weighted by Crippen LogP contribution is -2.28. The molecule has 0 fully saturated rings. The fourth-order valence-corrected chi connectivity index (χ4v) is 1.57. The summed E-state index contributed by atoms with van der Waals surface area (Å²) in [6, 6.07) is 2.88. The van der Waals surface area contributed by atoms with Crippen LogP contribution in [-0.2, 0) is 4.79 Å². The summed E-state index contributed by atoms with van der Waals surface area (Å²) in [6.07, 6.45) is 0.183. The van der Waals surface area contributed by atoms with Crippen LogP contribution in [0.5, 0.6) is 0 Å². The Balaban J connectivity index is 2.79. The molecule has 0 heterocycles. The molecule has 0 aliphatic carbocycles. The van der Waals surface area contributed by atoms with Gasteiger partial charge in [0.2, 0.25) is 5.82 Å². The Bertz CT molecular complexity index is 547. The van der Waals surface area contributed by atoms with Crippen molar-refractivity contribution in [1.82, 2.24) is 4.90 Å². The summed E-state index contributed by atoms with van der Waals surface area (Å²) >= 11 is 0. The molecule has 1 aromatic carbocycles. The summed E-state index contributed by atoms with van der Waals surface area (Å²) in [4.78, 5) is 33.2. The van der Waals surface area contributed by atoms with Gasteiger partial charge in [0, 0.05) is 31.6 Å². The molecule has 0 spiro atoms. The quantitative estimate of drug-likeness (QED) is 0.632. The minimum Gasteiger partial charge on any atom is -0.481 e. The molecule has 20 heavy (non-hydrogen) atoms. The number of carboxylic acid groups (broad SMARTS) is 1. The second-order valence-electron chi connectivity index (χ2n) is 4.15. The number of nitro benzene ring substituents is 1. The van der Waals surface area contributed by atoms with Crippen molar-refractivity contribution in [1.29, 1.82) is 0 Å². The fourth-order valence-electron chi connectivity index (χ4n) is 1.57. The van der Waals surface area contributed by atoms with Gasteiger partial charge in [-0.05, 0) is 18.6 Å². The number of halogens is 1. The van der Waals surface area contributed by atoms with E-state index in [1.165, 1.54) is 11.9 Å². The first kappa shape index (κ1) is 15.5. The fraction of sp³-hybridized carbons (Fsp3) is 0.333. The Morgan fingerprint density at radius 1 is 1.45 bits per heavy atom. The van der Waals surface area contributed by atoms with Crippen LogP contribution in [0.3, 0.4) is 0 Å². The van der Waals surface area contributed by atoms with E-state index in [1.807, 2.05) is 0 Å². The van der Waals surface area contributed by atoms with Crippen molar-refractivity contribution in [3.63, 3.8) is 0 Å². The van der Waals surface area contributed by atoms with Gasteiger partial charge in [0.05, 0.1) is 4.92 Å². The van der Waals surface area contributed by atoms with Crippen molar-refractivity contribution in [2.75, 3.05) is 13.6 Å². The number of hydrogen-bond donors (Lipinski definition) is 1. The van der Waals surface area contributed by atoms with Gasteiger partial charge >= 0.3 is 11.7 Å². The van der Waals surface area contributed by atoms with Gasteiger partial charge in [-0.3, -0.25) is 19.7 Å². The number of rotatable bonds is 6. The summed E-state index contributed by atoms with van der Waals surface area (Å²) in [5.41, 5.74) is -0.786. The van der Waals surface area contributed by atoms with Crippen molar-refractivity contribution in [2.45, 2.75) is 12.8 Å². The van der Waals surface area contributed by atoms with Crippen molar-refractivity contribution in [3.8, 4) is 0 Å². The van der Waals surface area contributed by atoms with Crippen LogP contribution in [0.1, 0.15) is 23.2 Å². The third-order valence-corrected chi connectivity index (χ3v) is 2.62. The minimum absolute atomic E-state index is 0.0177. The first-order chi connectivity index (χ1) is 9.32. The topological polar surface area (TPSA) is 101 Å². The van der Waals surface area contributed by atoms with Crippen LogP contribution in [0.4, 0.5) is 10.1 Å². The van der Waals surface area contributed by atoms with E-state index in [4.69, 9.17) is 5.11 Å². The maximum absolute atomic E-state index is 13.1. The van der Waals surface area contributed by atoms with Gasteiger partial charge in [0.25, 0.3) is 5.91 Å². The van der Waals surface area contributed by atoms with Gasteiger partial charge in [-0.2, -0.15) is 4.39 Å². The van der Waals surface area contributed by atoms with Gasteiger partial charge in [-0.15, -0.1) is 0 Å². The second-order valence-corrected chi connectivity index (χ2v) is 4.15.